The molecule has 0 unspecified atom stereocenters. The quantitative estimate of drug-likeness (QED) is 0.121. The summed E-state index contributed by atoms with van der Waals surface area (Å²) >= 11 is 11.9. The van der Waals surface area contributed by atoms with Crippen molar-refractivity contribution in [1.29, 1.82) is 0 Å². The van der Waals surface area contributed by atoms with Gasteiger partial charge in [0.1, 0.15) is 12.4 Å². The smallest absolute Gasteiger partial charge is 0.338 e. The number of benzene rings is 4. The third-order valence-electron chi connectivity index (χ3n) is 7.08. The number of hydrogen-bond donors (Lipinski definition) is 0. The van der Waals surface area contributed by atoms with E-state index in [1.807, 2.05) is 103 Å². The van der Waals surface area contributed by atoms with Gasteiger partial charge in [-0.05, 0) is 99.1 Å². The number of halogens is 3. The molecule has 1 atom stereocenters. The van der Waals surface area contributed by atoms with Crippen LogP contribution in [0.4, 0.5) is 0 Å². The van der Waals surface area contributed by atoms with Crippen LogP contribution in [0.3, 0.4) is 0 Å². The highest BCUT2D eigenvalue weighted by molar-refractivity contribution is 14.1. The molecule has 45 heavy (non-hydrogen) atoms. The lowest BCUT2D eigenvalue weighted by Gasteiger charge is -2.25. The number of esters is 1. The van der Waals surface area contributed by atoms with E-state index in [9.17, 15) is 9.59 Å². The third kappa shape index (κ3) is 6.81. The summed E-state index contributed by atoms with van der Waals surface area (Å²) in [7, 11) is 0. The van der Waals surface area contributed by atoms with Crippen LogP contribution in [0, 0.1) is 7.14 Å². The molecule has 0 amide bonds. The van der Waals surface area contributed by atoms with E-state index in [-0.39, 0.29) is 12.2 Å². The Morgan fingerprint density at radius 3 is 2.33 bits per heavy atom. The van der Waals surface area contributed by atoms with Crippen LogP contribution in [0.15, 0.2) is 112 Å². The lowest BCUT2D eigenvalue weighted by Crippen LogP contribution is -2.40. The minimum absolute atomic E-state index is 0.201. The summed E-state index contributed by atoms with van der Waals surface area (Å²) in [4.78, 5) is 33.2. The van der Waals surface area contributed by atoms with Crippen LogP contribution < -0.4 is 19.6 Å². The molecule has 0 spiro atoms. The number of rotatable bonds is 8. The van der Waals surface area contributed by atoms with Crippen LogP contribution in [-0.4, -0.2) is 17.1 Å². The molecular weight excluding hydrogens is 834 g/mol. The second-order valence-electron chi connectivity index (χ2n) is 10.1. The molecule has 0 aliphatic carbocycles. The van der Waals surface area contributed by atoms with Gasteiger partial charge in [0.25, 0.3) is 5.56 Å². The van der Waals surface area contributed by atoms with Crippen molar-refractivity contribution in [2.45, 2.75) is 19.6 Å². The van der Waals surface area contributed by atoms with Crippen molar-refractivity contribution in [3.05, 3.63) is 157 Å². The molecule has 0 bridgehead atoms. The van der Waals surface area contributed by atoms with Gasteiger partial charge in [0.15, 0.2) is 4.80 Å². The lowest BCUT2D eigenvalue weighted by molar-refractivity contribution is -0.138. The number of aromatic nitrogens is 1. The van der Waals surface area contributed by atoms with Crippen LogP contribution in [0.2, 0.25) is 5.02 Å². The maximum absolute atomic E-state index is 14.2. The predicted molar refractivity (Wildman–Crippen MR) is 195 cm³/mol. The molecule has 5 aromatic rings. The van der Waals surface area contributed by atoms with Gasteiger partial charge in [-0.1, -0.05) is 95.7 Å². The van der Waals surface area contributed by atoms with Crippen LogP contribution in [0.25, 0.3) is 11.8 Å². The van der Waals surface area contributed by atoms with Gasteiger partial charge >= 0.3 is 5.97 Å². The lowest BCUT2D eigenvalue weighted by atomic mass is 9.93. The summed E-state index contributed by atoms with van der Waals surface area (Å²) in [5.41, 5.74) is 4.00. The first kappa shape index (κ1) is 31.7. The fourth-order valence-electron chi connectivity index (χ4n) is 5.13. The predicted octanol–water partition coefficient (Wildman–Crippen LogP) is 7.38. The Balaban J connectivity index is 1.47. The highest BCUT2D eigenvalue weighted by Gasteiger charge is 2.35. The third-order valence-corrected chi connectivity index (χ3v) is 9.90. The van der Waals surface area contributed by atoms with Gasteiger partial charge in [-0.2, -0.15) is 0 Å². The molecule has 6 rings (SSSR count). The summed E-state index contributed by atoms with van der Waals surface area (Å²) in [6.07, 6.45) is 1.87. The Hall–Kier alpha value is -3.26. The largest absolute Gasteiger partial charge is 0.487 e. The number of fused-ring (bicyclic) bond motifs is 1. The van der Waals surface area contributed by atoms with Crippen molar-refractivity contribution in [3.63, 3.8) is 0 Å². The summed E-state index contributed by atoms with van der Waals surface area (Å²) in [6, 6.07) is 29.9. The zero-order valence-corrected chi connectivity index (χ0v) is 29.8. The molecule has 1 aliphatic rings. The monoisotopic (exact) mass is 858 g/mol. The molecule has 226 valence electrons. The molecule has 6 nitrogen and oxygen atoms in total. The van der Waals surface area contributed by atoms with Crippen molar-refractivity contribution in [2.75, 3.05) is 6.61 Å². The highest BCUT2D eigenvalue weighted by Crippen LogP contribution is 2.35. The van der Waals surface area contributed by atoms with Gasteiger partial charge in [0.05, 0.1) is 35.6 Å². The first-order valence-electron chi connectivity index (χ1n) is 14.0. The highest BCUT2D eigenvalue weighted by atomic mass is 127. The van der Waals surface area contributed by atoms with Crippen LogP contribution in [0.1, 0.15) is 35.2 Å². The normalized spacial score (nSPS) is 14.6. The topological polar surface area (TPSA) is 69.9 Å². The van der Waals surface area contributed by atoms with Crippen molar-refractivity contribution >= 4 is 85.9 Å². The molecule has 0 saturated carbocycles. The van der Waals surface area contributed by atoms with Crippen molar-refractivity contribution in [1.82, 2.24) is 4.57 Å². The molecule has 0 saturated heterocycles. The SMILES string of the molecule is CCOC(=O)C1=C(c2ccccc2)N=c2s/c(=C\c3cc(I)c(OCc4cccc(Cl)c4)c(I)c3)c(=O)n2[C@@H]1c1ccccc1. The van der Waals surface area contributed by atoms with E-state index >= 15 is 0 Å². The maximum atomic E-state index is 14.2. The summed E-state index contributed by atoms with van der Waals surface area (Å²) in [5.74, 6) is 0.270. The Labute approximate surface area is 296 Å². The van der Waals surface area contributed by atoms with Gasteiger partial charge in [0, 0.05) is 10.6 Å². The first-order valence-corrected chi connectivity index (χ1v) is 17.4. The van der Waals surface area contributed by atoms with Crippen molar-refractivity contribution in [2.24, 2.45) is 4.99 Å². The van der Waals surface area contributed by atoms with Gasteiger partial charge in [-0.25, -0.2) is 9.79 Å². The van der Waals surface area contributed by atoms with E-state index in [1.54, 1.807) is 11.5 Å². The number of thiazole rings is 1. The number of carbonyl (C=O) groups excluding carboxylic acids is 1. The fourth-order valence-corrected chi connectivity index (χ4v) is 8.47. The molecular formula is C35H25ClI2N2O4S. The molecule has 10 heteroatoms. The summed E-state index contributed by atoms with van der Waals surface area (Å²) < 4.78 is 15.6. The first-order chi connectivity index (χ1) is 21.8. The Morgan fingerprint density at radius 1 is 0.978 bits per heavy atom. The number of hydrogen-bond acceptors (Lipinski definition) is 6. The van der Waals surface area contributed by atoms with E-state index in [2.05, 4.69) is 45.2 Å². The standard InChI is InChI=1S/C35H25ClI2N2O4S/c1-2-43-34(42)29-30(23-11-5-3-6-12-23)39-35-40(31(29)24-13-7-4-8-14-24)33(41)28(45-35)19-22-17-26(37)32(27(38)18-22)44-20-21-10-9-15-25(36)16-21/h3-19,31H,2,20H2,1H3/b28-19-/t31-/m1/s1. The van der Waals surface area contributed by atoms with Crippen LogP contribution in [0.5, 0.6) is 5.75 Å². The Kier molecular flexibility index (Phi) is 9.88. The minimum atomic E-state index is -0.707. The Bertz CT molecular complexity index is 2090. The Morgan fingerprint density at radius 2 is 1.67 bits per heavy atom. The number of ether oxygens (including phenoxy) is 2. The van der Waals surface area contributed by atoms with Crippen molar-refractivity contribution in [3.8, 4) is 5.75 Å². The molecule has 0 N–H and O–H groups in total. The maximum Gasteiger partial charge on any atom is 0.338 e. The average molecular weight is 859 g/mol. The average Bonchev–Trinajstić information content (AvgIpc) is 3.34. The second-order valence-corrected chi connectivity index (χ2v) is 13.8. The van der Waals surface area contributed by atoms with Gasteiger partial charge in [-0.3, -0.25) is 9.36 Å². The van der Waals surface area contributed by atoms with Crippen LogP contribution >= 0.6 is 68.1 Å². The molecule has 1 aliphatic heterocycles. The van der Waals surface area contributed by atoms with Gasteiger partial charge in [-0.15, -0.1) is 0 Å². The van der Waals surface area contributed by atoms with E-state index in [0.717, 1.165) is 35.1 Å². The summed E-state index contributed by atoms with van der Waals surface area (Å²) in [6.45, 7) is 2.35. The number of nitrogens with zero attached hydrogens (tertiary/aromatic N) is 2. The van der Waals surface area contributed by atoms with E-state index < -0.39 is 12.0 Å². The molecule has 0 radical (unpaired) electrons. The van der Waals surface area contributed by atoms with E-state index in [0.29, 0.717) is 32.2 Å². The van der Waals surface area contributed by atoms with Gasteiger partial charge < -0.3 is 9.47 Å². The van der Waals surface area contributed by atoms with E-state index in [4.69, 9.17) is 26.1 Å². The molecule has 0 fully saturated rings. The zero-order valence-electron chi connectivity index (χ0n) is 23.9. The molecule has 1 aromatic heterocycles. The van der Waals surface area contributed by atoms with Gasteiger partial charge in [0.2, 0.25) is 0 Å². The van der Waals surface area contributed by atoms with Crippen LogP contribution in [-0.2, 0) is 16.1 Å². The fraction of sp³-hybridized carbons (Fsp3) is 0.114. The zero-order chi connectivity index (χ0) is 31.5. The minimum Gasteiger partial charge on any atom is -0.487 e. The van der Waals surface area contributed by atoms with Crippen molar-refractivity contribution < 1.29 is 14.3 Å². The summed E-state index contributed by atoms with van der Waals surface area (Å²) in [5, 5.41) is 0.664. The molecule has 2 heterocycles. The number of carbonyl (C=O) groups is 1. The second kappa shape index (κ2) is 14.0. The van der Waals surface area contributed by atoms with E-state index in [1.165, 1.54) is 11.3 Å². The molecule has 4 aromatic carbocycles.